The van der Waals surface area contributed by atoms with Crippen molar-refractivity contribution in [3.05, 3.63) is 47.3 Å². The zero-order chi connectivity index (χ0) is 19.8. The number of nitrogens with zero attached hydrogens (tertiary/aromatic N) is 4. The lowest BCUT2D eigenvalue weighted by molar-refractivity contribution is -0.122. The molecule has 0 bridgehead atoms. The SMILES string of the molecule is Cc1nccn1[C@@H]1CC[C@@H](NC(=O)CCc2nc3cc(Cl)ccc3n2C)[C@H]1O. The van der Waals surface area contributed by atoms with Gasteiger partial charge in [-0.15, -0.1) is 0 Å². The molecule has 7 nitrogen and oxygen atoms in total. The fourth-order valence-electron chi connectivity index (χ4n) is 4.11. The van der Waals surface area contributed by atoms with Gasteiger partial charge in [0.05, 0.1) is 29.2 Å². The maximum atomic E-state index is 12.5. The topological polar surface area (TPSA) is 85.0 Å². The first-order valence-electron chi connectivity index (χ1n) is 9.52. The fraction of sp³-hybridized carbons (Fsp3) is 0.450. The molecule has 0 radical (unpaired) electrons. The number of aromatic nitrogens is 4. The minimum Gasteiger partial charge on any atom is -0.389 e. The Labute approximate surface area is 168 Å². The highest BCUT2D eigenvalue weighted by atomic mass is 35.5. The fourth-order valence-corrected chi connectivity index (χ4v) is 4.28. The molecule has 1 aliphatic carbocycles. The van der Waals surface area contributed by atoms with Gasteiger partial charge in [0.15, 0.2) is 0 Å². The summed E-state index contributed by atoms with van der Waals surface area (Å²) in [5, 5.41) is 14.3. The molecule has 2 aromatic heterocycles. The van der Waals surface area contributed by atoms with Crippen molar-refractivity contribution in [2.24, 2.45) is 7.05 Å². The lowest BCUT2D eigenvalue weighted by atomic mass is 10.1. The van der Waals surface area contributed by atoms with E-state index in [1.54, 1.807) is 6.20 Å². The van der Waals surface area contributed by atoms with Gasteiger partial charge in [0.1, 0.15) is 11.6 Å². The van der Waals surface area contributed by atoms with Gasteiger partial charge in [-0.25, -0.2) is 9.97 Å². The first-order chi connectivity index (χ1) is 13.4. The van der Waals surface area contributed by atoms with Crippen LogP contribution in [0.1, 0.15) is 37.0 Å². The normalized spacial score (nSPS) is 22.1. The van der Waals surface area contributed by atoms with Crippen molar-refractivity contribution in [2.45, 2.75) is 50.8 Å². The Morgan fingerprint density at radius 1 is 1.39 bits per heavy atom. The van der Waals surface area contributed by atoms with E-state index in [-0.39, 0.29) is 18.0 Å². The molecule has 3 aromatic rings. The molecule has 3 atom stereocenters. The molecule has 1 fully saturated rings. The van der Waals surface area contributed by atoms with Crippen LogP contribution in [0.4, 0.5) is 0 Å². The molecule has 2 heterocycles. The van der Waals surface area contributed by atoms with Gasteiger partial charge in [-0.1, -0.05) is 11.6 Å². The van der Waals surface area contributed by atoms with Crippen molar-refractivity contribution in [3.63, 3.8) is 0 Å². The molecule has 0 saturated heterocycles. The number of rotatable bonds is 5. The number of halogens is 1. The number of aryl methyl sites for hydroxylation is 3. The third kappa shape index (κ3) is 3.52. The van der Waals surface area contributed by atoms with Crippen LogP contribution in [0.25, 0.3) is 11.0 Å². The first-order valence-corrected chi connectivity index (χ1v) is 9.89. The quantitative estimate of drug-likeness (QED) is 0.688. The van der Waals surface area contributed by atoms with Crippen LogP contribution >= 0.6 is 11.6 Å². The molecule has 148 valence electrons. The maximum Gasteiger partial charge on any atom is 0.220 e. The number of benzene rings is 1. The first kappa shape index (κ1) is 19.0. The molecule has 4 rings (SSSR count). The second-order valence-corrected chi connectivity index (χ2v) is 7.85. The average Bonchev–Trinajstić information content (AvgIpc) is 3.32. The van der Waals surface area contributed by atoms with E-state index in [4.69, 9.17) is 11.6 Å². The van der Waals surface area contributed by atoms with E-state index in [0.29, 0.717) is 17.9 Å². The van der Waals surface area contributed by atoms with E-state index in [0.717, 1.165) is 35.5 Å². The highest BCUT2D eigenvalue weighted by Gasteiger charge is 2.37. The molecule has 1 amide bonds. The summed E-state index contributed by atoms with van der Waals surface area (Å²) >= 11 is 6.03. The molecule has 1 saturated carbocycles. The number of carbonyl (C=O) groups is 1. The summed E-state index contributed by atoms with van der Waals surface area (Å²) < 4.78 is 3.97. The van der Waals surface area contributed by atoms with Crippen LogP contribution in [0.15, 0.2) is 30.6 Å². The highest BCUT2D eigenvalue weighted by Crippen LogP contribution is 2.31. The van der Waals surface area contributed by atoms with E-state index < -0.39 is 6.10 Å². The molecule has 2 N–H and O–H groups in total. The number of aliphatic hydroxyl groups is 1. The summed E-state index contributed by atoms with van der Waals surface area (Å²) in [6.07, 6.45) is 5.41. The standard InChI is InChI=1S/C20H24ClN5O2/c1-12-22-9-10-26(12)17-6-4-14(20(17)28)24-19(27)8-7-18-23-15-11-13(21)3-5-16(15)25(18)2/h3,5,9-11,14,17,20,28H,4,6-8H2,1-2H3,(H,24,27)/t14-,17-,20-/m1/s1. The summed E-state index contributed by atoms with van der Waals surface area (Å²) in [7, 11) is 1.94. The van der Waals surface area contributed by atoms with Crippen molar-refractivity contribution in [3.8, 4) is 0 Å². The lowest BCUT2D eigenvalue weighted by Gasteiger charge is -2.22. The van der Waals surface area contributed by atoms with Gasteiger partial charge in [0, 0.05) is 37.3 Å². The Balaban J connectivity index is 1.36. The van der Waals surface area contributed by atoms with Gasteiger partial charge in [-0.05, 0) is 38.0 Å². The van der Waals surface area contributed by atoms with Gasteiger partial charge < -0.3 is 19.6 Å². The molecule has 28 heavy (non-hydrogen) atoms. The number of aliphatic hydroxyl groups excluding tert-OH is 1. The molecule has 1 aliphatic rings. The molecule has 0 aliphatic heterocycles. The minimum absolute atomic E-state index is 0.0441. The Morgan fingerprint density at radius 3 is 2.96 bits per heavy atom. The van der Waals surface area contributed by atoms with Crippen molar-refractivity contribution in [2.75, 3.05) is 0 Å². The maximum absolute atomic E-state index is 12.5. The van der Waals surface area contributed by atoms with Gasteiger partial charge in [0.25, 0.3) is 0 Å². The van der Waals surface area contributed by atoms with Crippen LogP contribution in [0.5, 0.6) is 0 Å². The summed E-state index contributed by atoms with van der Waals surface area (Å²) in [6, 6.07) is 5.31. The average molecular weight is 402 g/mol. The van der Waals surface area contributed by atoms with Crippen molar-refractivity contribution >= 4 is 28.5 Å². The van der Waals surface area contributed by atoms with E-state index >= 15 is 0 Å². The van der Waals surface area contributed by atoms with Crippen LogP contribution in [0.2, 0.25) is 5.02 Å². The largest absolute Gasteiger partial charge is 0.389 e. The second-order valence-electron chi connectivity index (χ2n) is 7.41. The molecular weight excluding hydrogens is 378 g/mol. The molecular formula is C20H24ClN5O2. The zero-order valence-corrected chi connectivity index (χ0v) is 16.7. The van der Waals surface area contributed by atoms with Crippen molar-refractivity contribution < 1.29 is 9.90 Å². The van der Waals surface area contributed by atoms with E-state index in [9.17, 15) is 9.90 Å². The Bertz CT molecular complexity index is 1010. The Morgan fingerprint density at radius 2 is 2.21 bits per heavy atom. The van der Waals surface area contributed by atoms with Crippen molar-refractivity contribution in [1.29, 1.82) is 0 Å². The third-order valence-electron chi connectivity index (χ3n) is 5.66. The van der Waals surface area contributed by atoms with Gasteiger partial charge in [-0.2, -0.15) is 0 Å². The van der Waals surface area contributed by atoms with Crippen molar-refractivity contribution in [1.82, 2.24) is 24.4 Å². The van der Waals surface area contributed by atoms with Gasteiger partial charge in [-0.3, -0.25) is 4.79 Å². The predicted molar refractivity (Wildman–Crippen MR) is 107 cm³/mol. The summed E-state index contributed by atoms with van der Waals surface area (Å²) in [6.45, 7) is 1.92. The predicted octanol–water partition coefficient (Wildman–Crippen LogP) is 2.55. The summed E-state index contributed by atoms with van der Waals surface area (Å²) in [5.74, 6) is 1.64. The van der Waals surface area contributed by atoms with Crippen LogP contribution in [0.3, 0.4) is 0 Å². The van der Waals surface area contributed by atoms with Gasteiger partial charge >= 0.3 is 0 Å². The molecule has 0 unspecified atom stereocenters. The Kier molecular flexibility index (Phi) is 5.12. The van der Waals surface area contributed by atoms with Crippen LogP contribution < -0.4 is 5.32 Å². The number of carbonyl (C=O) groups excluding carboxylic acids is 1. The molecule has 0 spiro atoms. The third-order valence-corrected chi connectivity index (χ3v) is 5.89. The number of hydrogen-bond donors (Lipinski definition) is 2. The van der Waals surface area contributed by atoms with Crippen LogP contribution in [-0.2, 0) is 18.3 Å². The van der Waals surface area contributed by atoms with Gasteiger partial charge in [0.2, 0.25) is 5.91 Å². The number of nitrogens with one attached hydrogen (secondary N) is 1. The van der Waals surface area contributed by atoms with Crippen LogP contribution in [0, 0.1) is 6.92 Å². The number of amides is 1. The second kappa shape index (κ2) is 7.56. The number of imidazole rings is 2. The number of fused-ring (bicyclic) bond motifs is 1. The van der Waals surface area contributed by atoms with E-state index in [1.807, 2.05) is 47.5 Å². The van der Waals surface area contributed by atoms with E-state index in [2.05, 4.69) is 15.3 Å². The molecule has 8 heteroatoms. The minimum atomic E-state index is -0.616. The summed E-state index contributed by atoms with van der Waals surface area (Å²) in [5.41, 5.74) is 1.82. The van der Waals surface area contributed by atoms with E-state index in [1.165, 1.54) is 0 Å². The zero-order valence-electron chi connectivity index (χ0n) is 16.0. The molecule has 1 aromatic carbocycles. The monoisotopic (exact) mass is 401 g/mol. The lowest BCUT2D eigenvalue weighted by Crippen LogP contribution is -2.42. The summed E-state index contributed by atoms with van der Waals surface area (Å²) in [4.78, 5) is 21.3. The number of hydrogen-bond acceptors (Lipinski definition) is 4. The van der Waals surface area contributed by atoms with Crippen LogP contribution in [-0.4, -0.2) is 42.3 Å². The smallest absolute Gasteiger partial charge is 0.220 e. The highest BCUT2D eigenvalue weighted by molar-refractivity contribution is 6.31. The Hall–Kier alpha value is -2.38.